The highest BCUT2D eigenvalue weighted by atomic mass is 32.1. The van der Waals surface area contributed by atoms with Gasteiger partial charge in [-0.05, 0) is 38.7 Å². The predicted molar refractivity (Wildman–Crippen MR) is 116 cm³/mol. The van der Waals surface area contributed by atoms with Gasteiger partial charge in [-0.25, -0.2) is 15.0 Å². The summed E-state index contributed by atoms with van der Waals surface area (Å²) in [6.07, 6.45) is 5.71. The number of nitrogens with zero attached hydrogens (tertiary/aromatic N) is 4. The number of fused-ring (bicyclic) bond motifs is 1. The number of pyridine rings is 1. The molecule has 7 heteroatoms. The number of aromatic nitrogens is 4. The third-order valence-electron chi connectivity index (χ3n) is 4.97. The van der Waals surface area contributed by atoms with E-state index in [9.17, 15) is 5.11 Å². The number of aliphatic hydroxyl groups excluding tert-OH is 1. The maximum atomic E-state index is 9.43. The largest absolute Gasteiger partial charge is 0.396 e. The number of anilines is 1. The van der Waals surface area contributed by atoms with Gasteiger partial charge in [0, 0.05) is 19.3 Å². The zero-order valence-electron chi connectivity index (χ0n) is 17.1. The van der Waals surface area contributed by atoms with Crippen LogP contribution in [0.25, 0.3) is 20.8 Å². The Hall–Kier alpha value is -2.12. The van der Waals surface area contributed by atoms with Crippen LogP contribution in [0.4, 0.5) is 5.82 Å². The molecule has 0 amide bonds. The molecule has 0 aromatic carbocycles. The lowest BCUT2D eigenvalue weighted by Gasteiger charge is -2.15. The monoisotopic (exact) mass is 399 g/mol. The van der Waals surface area contributed by atoms with E-state index in [2.05, 4.69) is 34.1 Å². The summed E-state index contributed by atoms with van der Waals surface area (Å²) in [6.45, 7) is 9.16. The van der Waals surface area contributed by atoms with Crippen LogP contribution in [0.2, 0.25) is 0 Å². The van der Waals surface area contributed by atoms with Crippen LogP contribution >= 0.6 is 11.3 Å². The first-order chi connectivity index (χ1) is 13.6. The molecule has 28 heavy (non-hydrogen) atoms. The molecule has 0 saturated heterocycles. The van der Waals surface area contributed by atoms with Gasteiger partial charge in [0.25, 0.3) is 0 Å². The zero-order valence-corrected chi connectivity index (χ0v) is 17.9. The Morgan fingerprint density at radius 1 is 1.18 bits per heavy atom. The first kappa shape index (κ1) is 20.6. The molecule has 3 aromatic rings. The van der Waals surface area contributed by atoms with E-state index in [0.29, 0.717) is 5.92 Å². The van der Waals surface area contributed by atoms with Gasteiger partial charge in [-0.1, -0.05) is 26.7 Å². The summed E-state index contributed by atoms with van der Waals surface area (Å²) in [7, 11) is 0. The normalized spacial score (nSPS) is 12.5. The van der Waals surface area contributed by atoms with Crippen molar-refractivity contribution in [2.75, 3.05) is 18.5 Å². The minimum absolute atomic E-state index is 0.220. The summed E-state index contributed by atoms with van der Waals surface area (Å²) in [5, 5.41) is 13.8. The molecule has 1 unspecified atom stereocenters. The van der Waals surface area contributed by atoms with E-state index in [4.69, 9.17) is 4.98 Å². The van der Waals surface area contributed by atoms with Gasteiger partial charge >= 0.3 is 0 Å². The van der Waals surface area contributed by atoms with Crippen LogP contribution in [0.15, 0.2) is 12.3 Å². The van der Waals surface area contributed by atoms with Gasteiger partial charge in [-0.15, -0.1) is 11.3 Å². The highest BCUT2D eigenvalue weighted by molar-refractivity contribution is 7.21. The van der Waals surface area contributed by atoms with E-state index in [0.717, 1.165) is 76.0 Å². The van der Waals surface area contributed by atoms with Crippen LogP contribution in [0, 0.1) is 19.8 Å². The standard InChI is InChI=1S/C21H29N5OS/c1-5-7-16-19-17(9-11-22-16)28-21(26-19)18-13(3)24-14(4)25-20(18)23-10-8-15(6-2)12-27/h9,11,15,27H,5-8,10,12H2,1-4H3,(H,23,24,25). The smallest absolute Gasteiger partial charge is 0.140 e. The lowest BCUT2D eigenvalue weighted by molar-refractivity contribution is 0.217. The van der Waals surface area contributed by atoms with Gasteiger partial charge in [-0.3, -0.25) is 4.98 Å². The van der Waals surface area contributed by atoms with Crippen molar-refractivity contribution in [1.29, 1.82) is 0 Å². The van der Waals surface area contributed by atoms with Crippen molar-refractivity contribution in [3.8, 4) is 10.6 Å². The summed E-state index contributed by atoms with van der Waals surface area (Å²) < 4.78 is 1.14. The third kappa shape index (κ3) is 4.47. The number of nitrogens with one attached hydrogen (secondary N) is 1. The van der Waals surface area contributed by atoms with Gasteiger partial charge in [0.15, 0.2) is 0 Å². The lowest BCUT2D eigenvalue weighted by atomic mass is 10.0. The van der Waals surface area contributed by atoms with Crippen LogP contribution in [0.5, 0.6) is 0 Å². The van der Waals surface area contributed by atoms with Gasteiger partial charge in [0.2, 0.25) is 0 Å². The van der Waals surface area contributed by atoms with E-state index in [1.807, 2.05) is 26.1 Å². The first-order valence-corrected chi connectivity index (χ1v) is 10.8. The van der Waals surface area contributed by atoms with Crippen LogP contribution in [0.1, 0.15) is 50.3 Å². The van der Waals surface area contributed by atoms with Crippen LogP contribution < -0.4 is 5.32 Å². The molecule has 0 aliphatic heterocycles. The topological polar surface area (TPSA) is 83.8 Å². The Kier molecular flexibility index (Phi) is 6.91. The molecule has 0 fully saturated rings. The maximum absolute atomic E-state index is 9.43. The van der Waals surface area contributed by atoms with Crippen molar-refractivity contribution < 1.29 is 5.11 Å². The van der Waals surface area contributed by atoms with Crippen molar-refractivity contribution in [1.82, 2.24) is 19.9 Å². The minimum atomic E-state index is 0.220. The van der Waals surface area contributed by atoms with Gasteiger partial charge < -0.3 is 10.4 Å². The first-order valence-electron chi connectivity index (χ1n) is 10.0. The molecular weight excluding hydrogens is 370 g/mol. The fraction of sp³-hybridized carbons (Fsp3) is 0.524. The van der Waals surface area contributed by atoms with Crippen molar-refractivity contribution >= 4 is 27.4 Å². The number of thiazole rings is 1. The number of rotatable bonds is 9. The maximum Gasteiger partial charge on any atom is 0.140 e. The molecule has 3 heterocycles. The fourth-order valence-corrected chi connectivity index (χ4v) is 4.43. The Morgan fingerprint density at radius 3 is 2.71 bits per heavy atom. The van der Waals surface area contributed by atoms with E-state index < -0.39 is 0 Å². The number of aliphatic hydroxyl groups is 1. The molecular formula is C21H29N5OS. The van der Waals surface area contributed by atoms with Crippen LogP contribution in [0.3, 0.4) is 0 Å². The summed E-state index contributed by atoms with van der Waals surface area (Å²) in [4.78, 5) is 18.7. The highest BCUT2D eigenvalue weighted by Crippen LogP contribution is 2.36. The number of hydrogen-bond donors (Lipinski definition) is 2. The number of hydrogen-bond acceptors (Lipinski definition) is 7. The van der Waals surface area contributed by atoms with E-state index >= 15 is 0 Å². The van der Waals surface area contributed by atoms with E-state index in [1.54, 1.807) is 11.3 Å². The predicted octanol–water partition coefficient (Wildman–Crippen LogP) is 4.54. The Labute approximate surface area is 170 Å². The second kappa shape index (κ2) is 9.39. The van der Waals surface area contributed by atoms with E-state index in [-0.39, 0.29) is 6.61 Å². The quantitative estimate of drug-likeness (QED) is 0.550. The molecule has 0 radical (unpaired) electrons. The second-order valence-corrected chi connectivity index (χ2v) is 8.16. The van der Waals surface area contributed by atoms with Gasteiger partial charge in [0.1, 0.15) is 22.2 Å². The average molecular weight is 400 g/mol. The fourth-order valence-electron chi connectivity index (χ4n) is 3.35. The molecule has 0 aliphatic carbocycles. The van der Waals surface area contributed by atoms with Crippen molar-refractivity contribution in [2.24, 2.45) is 5.92 Å². The van der Waals surface area contributed by atoms with Gasteiger partial charge in [0.05, 0.1) is 21.7 Å². The minimum Gasteiger partial charge on any atom is -0.396 e. The second-order valence-electron chi connectivity index (χ2n) is 7.13. The summed E-state index contributed by atoms with van der Waals surface area (Å²) in [5.74, 6) is 1.87. The molecule has 150 valence electrons. The molecule has 1 atom stereocenters. The molecule has 0 aliphatic rings. The molecule has 3 rings (SSSR count). The van der Waals surface area contributed by atoms with E-state index in [1.165, 1.54) is 0 Å². The number of aryl methyl sites for hydroxylation is 3. The molecule has 3 aromatic heterocycles. The zero-order chi connectivity index (χ0) is 20.1. The Morgan fingerprint density at radius 2 is 2.00 bits per heavy atom. The summed E-state index contributed by atoms with van der Waals surface area (Å²) in [6, 6.07) is 2.03. The van der Waals surface area contributed by atoms with Crippen molar-refractivity contribution in [3.63, 3.8) is 0 Å². The molecule has 0 saturated carbocycles. The SMILES string of the molecule is CCCc1nccc2sc(-c3c(C)nc(C)nc3NCCC(CC)CO)nc12. The molecule has 6 nitrogen and oxygen atoms in total. The Bertz CT molecular complexity index is 936. The Balaban J connectivity index is 1.97. The van der Waals surface area contributed by atoms with Crippen LogP contribution in [-0.2, 0) is 6.42 Å². The highest BCUT2D eigenvalue weighted by Gasteiger charge is 2.18. The van der Waals surface area contributed by atoms with Gasteiger partial charge in [-0.2, -0.15) is 0 Å². The molecule has 0 bridgehead atoms. The van der Waals surface area contributed by atoms with Crippen LogP contribution in [-0.4, -0.2) is 38.2 Å². The lowest BCUT2D eigenvalue weighted by Crippen LogP contribution is -2.14. The summed E-state index contributed by atoms with van der Waals surface area (Å²) >= 11 is 1.66. The average Bonchev–Trinajstić information content (AvgIpc) is 3.09. The van der Waals surface area contributed by atoms with Crippen molar-refractivity contribution in [2.45, 2.75) is 53.4 Å². The summed E-state index contributed by atoms with van der Waals surface area (Å²) in [5.41, 5.74) is 3.93. The third-order valence-corrected chi connectivity index (χ3v) is 6.00. The van der Waals surface area contributed by atoms with Crippen molar-refractivity contribution in [3.05, 3.63) is 29.5 Å². The molecule has 0 spiro atoms. The molecule has 2 N–H and O–H groups in total.